The van der Waals surface area contributed by atoms with Crippen LogP contribution in [0.3, 0.4) is 0 Å². The number of nitrogens with zero attached hydrogens (tertiary/aromatic N) is 1. The summed E-state index contributed by atoms with van der Waals surface area (Å²) in [7, 11) is 0. The summed E-state index contributed by atoms with van der Waals surface area (Å²) in [4.78, 5) is 16.5. The first-order valence-electron chi connectivity index (χ1n) is 7.76. The average molecular weight is 273 g/mol. The highest BCUT2D eigenvalue weighted by atomic mass is 16.1. The van der Waals surface area contributed by atoms with Crippen molar-refractivity contribution in [3.8, 4) is 0 Å². The fourth-order valence-electron chi connectivity index (χ4n) is 2.34. The Morgan fingerprint density at radius 2 is 1.85 bits per heavy atom. The summed E-state index contributed by atoms with van der Waals surface area (Å²) in [5.74, 6) is 0.0736. The number of aliphatic imine (C=N–C) groups is 1. The second kappa shape index (κ2) is 8.68. The molecule has 1 aromatic rings. The molecule has 0 saturated heterocycles. The van der Waals surface area contributed by atoms with E-state index in [0.29, 0.717) is 5.71 Å². The normalized spacial score (nSPS) is 11.7. The van der Waals surface area contributed by atoms with Crippen molar-refractivity contribution in [3.63, 3.8) is 0 Å². The highest BCUT2D eigenvalue weighted by Gasteiger charge is 2.14. The van der Waals surface area contributed by atoms with E-state index in [0.717, 1.165) is 44.2 Å². The Hall–Kier alpha value is -1.44. The zero-order chi connectivity index (χ0) is 15.0. The summed E-state index contributed by atoms with van der Waals surface area (Å²) >= 11 is 0. The average Bonchev–Trinajstić information content (AvgIpc) is 2.42. The molecule has 0 unspecified atom stereocenters. The van der Waals surface area contributed by atoms with Crippen molar-refractivity contribution in [1.82, 2.24) is 0 Å². The van der Waals surface area contributed by atoms with Crippen molar-refractivity contribution < 1.29 is 4.79 Å². The molecule has 0 fully saturated rings. The van der Waals surface area contributed by atoms with E-state index in [1.165, 1.54) is 11.1 Å². The maximum atomic E-state index is 11.9. The van der Waals surface area contributed by atoms with Gasteiger partial charge in [-0.05, 0) is 37.3 Å². The molecule has 20 heavy (non-hydrogen) atoms. The van der Waals surface area contributed by atoms with Gasteiger partial charge in [0.25, 0.3) is 0 Å². The van der Waals surface area contributed by atoms with Gasteiger partial charge in [0.05, 0.1) is 0 Å². The van der Waals surface area contributed by atoms with E-state index >= 15 is 0 Å². The third-order valence-corrected chi connectivity index (χ3v) is 3.56. The zero-order valence-electron chi connectivity index (χ0n) is 13.3. The largest absolute Gasteiger partial charge is 0.293 e. The molecular weight excluding hydrogens is 246 g/mol. The van der Waals surface area contributed by atoms with Crippen LogP contribution in [0.5, 0.6) is 0 Å². The molecule has 0 spiro atoms. The van der Waals surface area contributed by atoms with Gasteiger partial charge in [0.1, 0.15) is 5.71 Å². The highest BCUT2D eigenvalue weighted by Crippen LogP contribution is 2.19. The Morgan fingerprint density at radius 1 is 1.15 bits per heavy atom. The van der Waals surface area contributed by atoms with Gasteiger partial charge in [-0.1, -0.05) is 44.9 Å². The summed E-state index contributed by atoms with van der Waals surface area (Å²) < 4.78 is 0. The van der Waals surface area contributed by atoms with Crippen LogP contribution in [-0.2, 0) is 11.2 Å². The topological polar surface area (TPSA) is 29.4 Å². The molecule has 1 rings (SSSR count). The van der Waals surface area contributed by atoms with Crippen LogP contribution in [0.25, 0.3) is 0 Å². The monoisotopic (exact) mass is 273 g/mol. The standard InChI is InChI=1S/C18H27NO/c1-5-7-11-16-14(3)10-9-12-17(16)18(15(4)20)19-13-8-6-2/h9-10,12H,5-8,11,13H2,1-4H3/b19-18-. The van der Waals surface area contributed by atoms with Crippen molar-refractivity contribution in [1.29, 1.82) is 0 Å². The van der Waals surface area contributed by atoms with Crippen LogP contribution in [0.15, 0.2) is 23.2 Å². The van der Waals surface area contributed by atoms with Crippen LogP contribution < -0.4 is 0 Å². The Bertz CT molecular complexity index is 474. The molecule has 2 heteroatoms. The summed E-state index contributed by atoms with van der Waals surface area (Å²) in [6.45, 7) is 8.82. The highest BCUT2D eigenvalue weighted by molar-refractivity contribution is 6.45. The van der Waals surface area contributed by atoms with Crippen LogP contribution in [-0.4, -0.2) is 18.0 Å². The second-order valence-corrected chi connectivity index (χ2v) is 5.34. The molecule has 0 amide bonds. The molecule has 0 radical (unpaired) electrons. The van der Waals surface area contributed by atoms with Crippen LogP contribution in [0, 0.1) is 6.92 Å². The number of unbranched alkanes of at least 4 members (excludes halogenated alkanes) is 2. The molecule has 0 aliphatic rings. The third-order valence-electron chi connectivity index (χ3n) is 3.56. The molecule has 0 bridgehead atoms. The first-order valence-corrected chi connectivity index (χ1v) is 7.76. The van der Waals surface area contributed by atoms with Gasteiger partial charge in [0, 0.05) is 19.0 Å². The number of Topliss-reactive ketones (excluding diaryl/α,β-unsaturated/α-hetero) is 1. The van der Waals surface area contributed by atoms with E-state index in [4.69, 9.17) is 0 Å². The van der Waals surface area contributed by atoms with Gasteiger partial charge < -0.3 is 0 Å². The number of carbonyl (C=O) groups is 1. The van der Waals surface area contributed by atoms with Gasteiger partial charge >= 0.3 is 0 Å². The maximum absolute atomic E-state index is 11.9. The van der Waals surface area contributed by atoms with Gasteiger partial charge in [-0.2, -0.15) is 0 Å². The van der Waals surface area contributed by atoms with E-state index in [1.807, 2.05) is 12.1 Å². The Labute approximate surface area is 123 Å². The van der Waals surface area contributed by atoms with Gasteiger partial charge in [0.2, 0.25) is 0 Å². The Kier molecular flexibility index (Phi) is 7.21. The summed E-state index contributed by atoms with van der Waals surface area (Å²) in [5, 5.41) is 0. The predicted octanol–water partition coefficient (Wildman–Crippen LogP) is 4.52. The summed E-state index contributed by atoms with van der Waals surface area (Å²) in [5.41, 5.74) is 4.26. The third kappa shape index (κ3) is 4.59. The minimum Gasteiger partial charge on any atom is -0.293 e. The first-order chi connectivity index (χ1) is 9.61. The smallest absolute Gasteiger partial charge is 0.178 e. The minimum absolute atomic E-state index is 0.0736. The van der Waals surface area contributed by atoms with Gasteiger partial charge in [-0.25, -0.2) is 0 Å². The molecule has 2 nitrogen and oxygen atoms in total. The van der Waals surface area contributed by atoms with E-state index in [1.54, 1.807) is 6.92 Å². The molecule has 110 valence electrons. The summed E-state index contributed by atoms with van der Waals surface area (Å²) in [6.07, 6.45) is 5.48. The molecule has 0 aromatic heterocycles. The van der Waals surface area contributed by atoms with E-state index < -0.39 is 0 Å². The summed E-state index contributed by atoms with van der Waals surface area (Å²) in [6, 6.07) is 6.20. The van der Waals surface area contributed by atoms with Gasteiger partial charge in [-0.15, -0.1) is 0 Å². The molecule has 0 saturated carbocycles. The van der Waals surface area contributed by atoms with Gasteiger partial charge in [0.15, 0.2) is 5.78 Å². The molecular formula is C18H27NO. The first kappa shape index (κ1) is 16.6. The van der Waals surface area contributed by atoms with Crippen LogP contribution in [0.2, 0.25) is 0 Å². The molecule has 0 aliphatic heterocycles. The van der Waals surface area contributed by atoms with Crippen molar-refractivity contribution in [2.45, 2.75) is 59.8 Å². The van der Waals surface area contributed by atoms with Crippen LogP contribution in [0.4, 0.5) is 0 Å². The number of carbonyl (C=O) groups excluding carboxylic acids is 1. The molecule has 0 heterocycles. The predicted molar refractivity (Wildman–Crippen MR) is 86.8 cm³/mol. The molecule has 0 aliphatic carbocycles. The Morgan fingerprint density at radius 3 is 2.45 bits per heavy atom. The molecule has 1 aromatic carbocycles. The number of hydrogen-bond donors (Lipinski definition) is 0. The SMILES string of the molecule is CCCC/N=C(/C(C)=O)c1cccc(C)c1CCCC. The van der Waals surface area contributed by atoms with Crippen molar-refractivity contribution in [2.75, 3.05) is 6.54 Å². The van der Waals surface area contributed by atoms with Crippen LogP contribution >= 0.6 is 0 Å². The minimum atomic E-state index is 0.0736. The van der Waals surface area contributed by atoms with E-state index in [-0.39, 0.29) is 5.78 Å². The lowest BCUT2D eigenvalue weighted by Gasteiger charge is -2.13. The number of benzene rings is 1. The molecule has 0 atom stereocenters. The number of hydrogen-bond acceptors (Lipinski definition) is 2. The maximum Gasteiger partial charge on any atom is 0.178 e. The quantitative estimate of drug-likeness (QED) is 0.506. The second-order valence-electron chi connectivity index (χ2n) is 5.34. The van der Waals surface area contributed by atoms with Crippen molar-refractivity contribution in [3.05, 3.63) is 34.9 Å². The zero-order valence-corrected chi connectivity index (χ0v) is 13.3. The lowest BCUT2D eigenvalue weighted by Crippen LogP contribution is -2.16. The van der Waals surface area contributed by atoms with Crippen molar-refractivity contribution in [2.24, 2.45) is 4.99 Å². The molecule has 0 N–H and O–H groups in total. The fourth-order valence-corrected chi connectivity index (χ4v) is 2.34. The lowest BCUT2D eigenvalue weighted by molar-refractivity contribution is -0.111. The van der Waals surface area contributed by atoms with Crippen LogP contribution in [0.1, 0.15) is 63.1 Å². The fraction of sp³-hybridized carbons (Fsp3) is 0.556. The Balaban J connectivity index is 3.15. The lowest BCUT2D eigenvalue weighted by atomic mass is 9.93. The number of rotatable bonds is 8. The van der Waals surface area contributed by atoms with Gasteiger partial charge in [-0.3, -0.25) is 9.79 Å². The van der Waals surface area contributed by atoms with E-state index in [2.05, 4.69) is 31.8 Å². The number of ketones is 1. The number of aryl methyl sites for hydroxylation is 1. The van der Waals surface area contributed by atoms with E-state index in [9.17, 15) is 4.79 Å². The van der Waals surface area contributed by atoms with Crippen molar-refractivity contribution >= 4 is 11.5 Å².